The van der Waals surface area contributed by atoms with E-state index in [0.29, 0.717) is 18.4 Å². The van der Waals surface area contributed by atoms with Gasteiger partial charge in [0.2, 0.25) is 0 Å². The summed E-state index contributed by atoms with van der Waals surface area (Å²) < 4.78 is 46.7. The van der Waals surface area contributed by atoms with E-state index < -0.39 is 21.3 Å². The van der Waals surface area contributed by atoms with Crippen LogP contribution in [0.25, 0.3) is 11.0 Å². The van der Waals surface area contributed by atoms with Crippen LogP contribution >= 0.6 is 0 Å². The Bertz CT molecular complexity index is 1240. The summed E-state index contributed by atoms with van der Waals surface area (Å²) in [5, 5.41) is 4.58. The number of nitrogens with one attached hydrogen (secondary N) is 2. The molecule has 0 spiro atoms. The number of benzene rings is 1. The highest BCUT2D eigenvalue weighted by Crippen LogP contribution is 2.33. The average molecular weight is 487 g/mol. The number of pyridine rings is 1. The molecule has 1 aliphatic heterocycles. The molecule has 8 nitrogen and oxygen atoms in total. The summed E-state index contributed by atoms with van der Waals surface area (Å²) in [6.07, 6.45) is 3.97. The van der Waals surface area contributed by atoms with Crippen LogP contribution in [0, 0.1) is 0 Å². The molecule has 2 aliphatic rings. The van der Waals surface area contributed by atoms with Crippen molar-refractivity contribution in [2.75, 3.05) is 13.1 Å². The van der Waals surface area contributed by atoms with Gasteiger partial charge in [0.1, 0.15) is 6.17 Å². The first kappa shape index (κ1) is 22.9. The van der Waals surface area contributed by atoms with E-state index in [1.54, 1.807) is 36.7 Å². The molecule has 2 aromatic heterocycles. The Morgan fingerprint density at radius 3 is 2.76 bits per heavy atom. The molecular weight excluding hydrogens is 459 g/mol. The molecule has 0 radical (unpaired) electrons. The van der Waals surface area contributed by atoms with Gasteiger partial charge in [-0.05, 0) is 55.5 Å². The molecule has 5 rings (SSSR count). The number of furan rings is 1. The molecule has 3 aromatic rings. The summed E-state index contributed by atoms with van der Waals surface area (Å²) in [6, 6.07) is 9.70. The number of hydrogen-bond donors (Lipinski definition) is 2. The summed E-state index contributed by atoms with van der Waals surface area (Å²) in [5.74, 6) is -0.201. The molecule has 3 unspecified atom stereocenters. The van der Waals surface area contributed by atoms with E-state index in [2.05, 4.69) is 20.7 Å². The number of halogens is 1. The zero-order chi connectivity index (χ0) is 23.7. The summed E-state index contributed by atoms with van der Waals surface area (Å²) >= 11 is 0. The van der Waals surface area contributed by atoms with E-state index in [9.17, 15) is 17.6 Å². The van der Waals surface area contributed by atoms with E-state index in [1.807, 2.05) is 0 Å². The van der Waals surface area contributed by atoms with E-state index in [1.165, 1.54) is 12.1 Å². The Morgan fingerprint density at radius 2 is 2.06 bits per heavy atom. The van der Waals surface area contributed by atoms with Crippen LogP contribution in [0.15, 0.2) is 58.1 Å². The van der Waals surface area contributed by atoms with E-state index in [0.717, 1.165) is 30.5 Å². The number of amides is 1. The fourth-order valence-electron chi connectivity index (χ4n) is 4.80. The van der Waals surface area contributed by atoms with Gasteiger partial charge >= 0.3 is 0 Å². The maximum atomic E-state index is 15.0. The highest BCUT2D eigenvalue weighted by atomic mass is 32.2. The molecule has 0 bridgehead atoms. The predicted octanol–water partition coefficient (Wildman–Crippen LogP) is 3.00. The number of carbonyl (C=O) groups excluding carboxylic acids is 1. The number of rotatable bonds is 6. The first-order valence-electron chi connectivity index (χ1n) is 11.5. The summed E-state index contributed by atoms with van der Waals surface area (Å²) in [4.78, 5) is 16.5. The van der Waals surface area contributed by atoms with Crippen LogP contribution in [0.5, 0.6) is 0 Å². The van der Waals surface area contributed by atoms with Crippen molar-refractivity contribution < 1.29 is 22.0 Å². The van der Waals surface area contributed by atoms with Crippen LogP contribution < -0.4 is 10.7 Å². The second kappa shape index (κ2) is 9.44. The maximum absolute atomic E-state index is 15.0. The zero-order valence-corrected chi connectivity index (χ0v) is 19.4. The van der Waals surface area contributed by atoms with Gasteiger partial charge in [-0.1, -0.05) is 12.1 Å². The molecule has 2 fully saturated rings. The fourth-order valence-corrected chi connectivity index (χ4v) is 6.61. The zero-order valence-electron chi connectivity index (χ0n) is 18.6. The van der Waals surface area contributed by atoms with Crippen LogP contribution in [0.3, 0.4) is 0 Å². The Morgan fingerprint density at radius 1 is 1.24 bits per heavy atom. The van der Waals surface area contributed by atoms with Crippen molar-refractivity contribution in [1.82, 2.24) is 20.7 Å². The third-order valence-corrected chi connectivity index (χ3v) is 8.92. The lowest BCUT2D eigenvalue weighted by Gasteiger charge is -2.36. The second-order valence-corrected chi connectivity index (χ2v) is 11.0. The molecular formula is C24H27FN4O4S. The Balaban J connectivity index is 1.20. The number of nitrogens with zero attached hydrogens (tertiary/aromatic N) is 2. The van der Waals surface area contributed by atoms with Gasteiger partial charge in [0.05, 0.1) is 16.3 Å². The number of sulfone groups is 1. The largest absolute Gasteiger partial charge is 0.449 e. The maximum Gasteiger partial charge on any atom is 0.287 e. The minimum atomic E-state index is -3.79. The molecule has 1 aromatic carbocycles. The average Bonchev–Trinajstić information content (AvgIpc) is 3.53. The summed E-state index contributed by atoms with van der Waals surface area (Å²) in [6.45, 7) is 1.96. The Labute approximate surface area is 197 Å². The van der Waals surface area contributed by atoms with Gasteiger partial charge in [-0.2, -0.15) is 0 Å². The molecule has 180 valence electrons. The molecule has 3 atom stereocenters. The van der Waals surface area contributed by atoms with Crippen LogP contribution in [-0.4, -0.2) is 54.9 Å². The molecule has 1 saturated carbocycles. The quantitative estimate of drug-likeness (QED) is 0.552. The van der Waals surface area contributed by atoms with Gasteiger partial charge in [-0.15, -0.1) is 0 Å². The monoisotopic (exact) mass is 486 g/mol. The number of hydrazine groups is 1. The molecule has 34 heavy (non-hydrogen) atoms. The lowest BCUT2D eigenvalue weighted by atomic mass is 9.93. The minimum Gasteiger partial charge on any atom is -0.449 e. The normalized spacial score (nSPS) is 23.9. The van der Waals surface area contributed by atoms with Crippen LogP contribution in [0.1, 0.15) is 41.8 Å². The molecule has 10 heteroatoms. The fraction of sp³-hybridized carbons (Fsp3) is 0.417. The Kier molecular flexibility index (Phi) is 6.37. The van der Waals surface area contributed by atoms with Crippen molar-refractivity contribution in [3.8, 4) is 0 Å². The van der Waals surface area contributed by atoms with Crippen molar-refractivity contribution in [2.45, 2.75) is 54.6 Å². The third kappa shape index (κ3) is 4.57. The number of hydrogen-bond acceptors (Lipinski definition) is 7. The highest BCUT2D eigenvalue weighted by molar-refractivity contribution is 7.92. The van der Waals surface area contributed by atoms with Crippen molar-refractivity contribution in [1.29, 1.82) is 0 Å². The van der Waals surface area contributed by atoms with Crippen molar-refractivity contribution in [3.05, 3.63) is 60.1 Å². The van der Waals surface area contributed by atoms with Gasteiger partial charge in [0.15, 0.2) is 21.2 Å². The first-order chi connectivity index (χ1) is 16.4. The van der Waals surface area contributed by atoms with E-state index >= 15 is 0 Å². The van der Waals surface area contributed by atoms with Gasteiger partial charge < -0.3 is 9.73 Å². The smallest absolute Gasteiger partial charge is 0.287 e. The van der Waals surface area contributed by atoms with Crippen molar-refractivity contribution >= 4 is 26.7 Å². The number of aromatic nitrogens is 1. The van der Waals surface area contributed by atoms with Gasteiger partial charge in [0.25, 0.3) is 5.91 Å². The molecule has 1 amide bonds. The Hall–Kier alpha value is -2.82. The first-order valence-corrected chi connectivity index (χ1v) is 13.1. The SMILES string of the molecule is O=C(NCc1ccc(S(=O)(=O)C2CCC(N3CCCN3)CC2F)cc1)c1cc2ccncc2o1. The summed E-state index contributed by atoms with van der Waals surface area (Å²) in [5.41, 5.74) is 4.51. The second-order valence-electron chi connectivity index (χ2n) is 8.87. The van der Waals surface area contributed by atoms with Crippen molar-refractivity contribution in [3.63, 3.8) is 0 Å². The molecule has 1 saturated heterocycles. The highest BCUT2D eigenvalue weighted by Gasteiger charge is 2.41. The van der Waals surface area contributed by atoms with Crippen LogP contribution in [0.2, 0.25) is 0 Å². The molecule has 3 heterocycles. The lowest BCUT2D eigenvalue weighted by molar-refractivity contribution is 0.0925. The standard InChI is InChI=1S/C24H27FN4O4S/c25-20-13-18(29-11-1-9-28-29)4-7-23(20)34(31,32)19-5-2-16(3-6-19)14-27-24(30)21-12-17-8-10-26-15-22(17)33-21/h2-3,5-6,8,10,12,15,18,20,23,28H,1,4,7,9,11,13-14H2,(H,27,30). The topological polar surface area (TPSA) is 105 Å². The third-order valence-electron chi connectivity index (χ3n) is 6.67. The van der Waals surface area contributed by atoms with E-state index in [4.69, 9.17) is 4.42 Å². The predicted molar refractivity (Wildman–Crippen MR) is 124 cm³/mol. The van der Waals surface area contributed by atoms with Crippen LogP contribution in [-0.2, 0) is 16.4 Å². The van der Waals surface area contributed by atoms with Crippen LogP contribution in [0.4, 0.5) is 4.39 Å². The van der Waals surface area contributed by atoms with Gasteiger partial charge in [-0.3, -0.25) is 15.2 Å². The van der Waals surface area contributed by atoms with E-state index in [-0.39, 0.29) is 35.6 Å². The molecule has 1 aliphatic carbocycles. The van der Waals surface area contributed by atoms with Gasteiger partial charge in [-0.25, -0.2) is 17.8 Å². The lowest BCUT2D eigenvalue weighted by Crippen LogP contribution is -2.48. The number of alkyl halides is 1. The van der Waals surface area contributed by atoms with Crippen molar-refractivity contribution in [2.24, 2.45) is 0 Å². The van der Waals surface area contributed by atoms with Gasteiger partial charge in [0, 0.05) is 37.3 Å². The number of fused-ring (bicyclic) bond motifs is 1. The molecule has 2 N–H and O–H groups in total. The summed E-state index contributed by atoms with van der Waals surface area (Å²) in [7, 11) is -3.79. The number of carbonyl (C=O) groups is 1. The minimum absolute atomic E-state index is 0.0398.